The predicted molar refractivity (Wildman–Crippen MR) is 57.9 cm³/mol. The second-order valence-corrected chi connectivity index (χ2v) is 4.06. The van der Waals surface area contributed by atoms with Gasteiger partial charge in [-0.3, -0.25) is 9.69 Å². The zero-order chi connectivity index (χ0) is 11.3. The van der Waals surface area contributed by atoms with Gasteiger partial charge < -0.3 is 9.84 Å². The van der Waals surface area contributed by atoms with Crippen LogP contribution in [-0.2, 0) is 9.53 Å². The van der Waals surface area contributed by atoms with Gasteiger partial charge >= 0.3 is 5.97 Å². The number of hydrogen-bond acceptors (Lipinski definition) is 3. The Labute approximate surface area is 91.2 Å². The van der Waals surface area contributed by atoms with Gasteiger partial charge in [0, 0.05) is 25.8 Å². The minimum atomic E-state index is -0.658. The van der Waals surface area contributed by atoms with E-state index < -0.39 is 5.97 Å². The van der Waals surface area contributed by atoms with Crippen LogP contribution in [0.1, 0.15) is 26.7 Å². The fourth-order valence-corrected chi connectivity index (χ4v) is 2.16. The third-order valence-electron chi connectivity index (χ3n) is 3.14. The molecule has 0 amide bonds. The lowest BCUT2D eigenvalue weighted by Gasteiger charge is -2.22. The van der Waals surface area contributed by atoms with Gasteiger partial charge in [0.05, 0.1) is 5.92 Å². The quantitative estimate of drug-likeness (QED) is 0.677. The summed E-state index contributed by atoms with van der Waals surface area (Å²) >= 11 is 0. The summed E-state index contributed by atoms with van der Waals surface area (Å²) in [6.07, 6.45) is 1.77. The third-order valence-corrected chi connectivity index (χ3v) is 3.14. The number of aliphatic carboxylic acids is 1. The number of carboxylic acids is 1. The smallest absolute Gasteiger partial charge is 0.308 e. The number of ether oxygens (including phenoxy) is 1. The Morgan fingerprint density at radius 1 is 1.60 bits per heavy atom. The molecule has 0 saturated carbocycles. The molecule has 0 radical (unpaired) electrons. The maximum absolute atomic E-state index is 10.9. The highest BCUT2D eigenvalue weighted by atomic mass is 16.5. The van der Waals surface area contributed by atoms with Crippen molar-refractivity contribution in [3.63, 3.8) is 0 Å². The Morgan fingerprint density at radius 2 is 2.33 bits per heavy atom. The summed E-state index contributed by atoms with van der Waals surface area (Å²) in [5.41, 5.74) is 0. The van der Waals surface area contributed by atoms with Crippen LogP contribution < -0.4 is 0 Å². The zero-order valence-corrected chi connectivity index (χ0v) is 9.61. The van der Waals surface area contributed by atoms with Gasteiger partial charge in [-0.05, 0) is 33.2 Å². The monoisotopic (exact) mass is 215 g/mol. The normalized spacial score (nSPS) is 27.1. The maximum atomic E-state index is 10.9. The van der Waals surface area contributed by atoms with Crippen LogP contribution in [0.25, 0.3) is 0 Å². The van der Waals surface area contributed by atoms with E-state index >= 15 is 0 Å². The largest absolute Gasteiger partial charge is 0.481 e. The van der Waals surface area contributed by atoms with Crippen molar-refractivity contribution in [3.05, 3.63) is 0 Å². The Bertz CT molecular complexity index is 208. The van der Waals surface area contributed by atoms with Crippen molar-refractivity contribution < 1.29 is 14.6 Å². The minimum absolute atomic E-state index is 0.170. The molecule has 1 heterocycles. The lowest BCUT2D eigenvalue weighted by molar-refractivity contribution is -0.142. The molecule has 0 aromatic rings. The van der Waals surface area contributed by atoms with Crippen LogP contribution in [0, 0.1) is 5.92 Å². The number of carboxylic acid groups (broad SMARTS) is 1. The summed E-state index contributed by atoms with van der Waals surface area (Å²) in [6, 6.07) is 0.170. The molecule has 0 aromatic heterocycles. The van der Waals surface area contributed by atoms with E-state index in [0.717, 1.165) is 39.1 Å². The molecule has 4 heteroatoms. The molecule has 0 spiro atoms. The van der Waals surface area contributed by atoms with Gasteiger partial charge in [-0.15, -0.1) is 0 Å². The first-order valence-corrected chi connectivity index (χ1v) is 5.71. The van der Waals surface area contributed by atoms with Crippen LogP contribution in [0.3, 0.4) is 0 Å². The predicted octanol–water partition coefficient (Wildman–Crippen LogP) is 1.21. The number of likely N-dealkylation sites (tertiary alicyclic amines) is 1. The fraction of sp³-hybridized carbons (Fsp3) is 0.909. The molecule has 0 aromatic carbocycles. The van der Waals surface area contributed by atoms with Gasteiger partial charge in [-0.1, -0.05) is 0 Å². The average molecular weight is 215 g/mol. The van der Waals surface area contributed by atoms with E-state index in [-0.39, 0.29) is 12.0 Å². The lowest BCUT2D eigenvalue weighted by atomic mass is 10.0. The maximum Gasteiger partial charge on any atom is 0.308 e. The van der Waals surface area contributed by atoms with Crippen molar-refractivity contribution in [3.8, 4) is 0 Å². The van der Waals surface area contributed by atoms with Crippen molar-refractivity contribution in [2.75, 3.05) is 26.3 Å². The Morgan fingerprint density at radius 3 is 2.87 bits per heavy atom. The van der Waals surface area contributed by atoms with Crippen molar-refractivity contribution in [1.29, 1.82) is 0 Å². The molecule has 0 bridgehead atoms. The summed E-state index contributed by atoms with van der Waals surface area (Å²) in [6.45, 7) is 7.38. The highest BCUT2D eigenvalue weighted by Crippen LogP contribution is 2.24. The summed E-state index contributed by atoms with van der Waals surface area (Å²) in [5.74, 6) is -0.841. The molecule has 1 rings (SSSR count). The topological polar surface area (TPSA) is 49.8 Å². The molecule has 1 aliphatic rings. The third kappa shape index (κ3) is 3.47. The van der Waals surface area contributed by atoms with Crippen molar-refractivity contribution in [2.45, 2.75) is 32.7 Å². The summed E-state index contributed by atoms with van der Waals surface area (Å²) in [4.78, 5) is 13.1. The zero-order valence-electron chi connectivity index (χ0n) is 9.61. The highest BCUT2D eigenvalue weighted by Gasteiger charge is 2.34. The number of carbonyl (C=O) groups is 1. The van der Waals surface area contributed by atoms with Gasteiger partial charge in [0.15, 0.2) is 0 Å². The Hall–Kier alpha value is -0.610. The van der Waals surface area contributed by atoms with Gasteiger partial charge in [0.2, 0.25) is 0 Å². The molecule has 1 fully saturated rings. The van der Waals surface area contributed by atoms with E-state index in [1.54, 1.807) is 0 Å². The van der Waals surface area contributed by atoms with E-state index in [1.165, 1.54) is 0 Å². The van der Waals surface area contributed by atoms with Gasteiger partial charge in [0.1, 0.15) is 0 Å². The molecular formula is C11H21NO3. The number of rotatable bonds is 6. The van der Waals surface area contributed by atoms with Crippen LogP contribution in [0.15, 0.2) is 0 Å². The number of hydrogen-bond donors (Lipinski definition) is 1. The molecule has 88 valence electrons. The summed E-state index contributed by atoms with van der Waals surface area (Å²) in [7, 11) is 0. The second-order valence-electron chi connectivity index (χ2n) is 4.06. The second kappa shape index (κ2) is 6.08. The molecule has 1 saturated heterocycles. The molecular weight excluding hydrogens is 194 g/mol. The van der Waals surface area contributed by atoms with E-state index in [9.17, 15) is 4.79 Å². The first-order valence-electron chi connectivity index (χ1n) is 5.71. The minimum Gasteiger partial charge on any atom is -0.481 e. The molecule has 1 N–H and O–H groups in total. The van der Waals surface area contributed by atoms with Gasteiger partial charge in [-0.2, -0.15) is 0 Å². The van der Waals surface area contributed by atoms with Crippen molar-refractivity contribution >= 4 is 5.97 Å². The molecule has 15 heavy (non-hydrogen) atoms. The molecule has 2 atom stereocenters. The van der Waals surface area contributed by atoms with Gasteiger partial charge in [-0.25, -0.2) is 0 Å². The van der Waals surface area contributed by atoms with Crippen LogP contribution in [-0.4, -0.2) is 48.3 Å². The van der Waals surface area contributed by atoms with E-state index in [4.69, 9.17) is 9.84 Å². The van der Waals surface area contributed by atoms with Crippen molar-refractivity contribution in [2.24, 2.45) is 5.92 Å². The lowest BCUT2D eigenvalue weighted by Crippen LogP contribution is -2.34. The molecule has 4 nitrogen and oxygen atoms in total. The fourth-order valence-electron chi connectivity index (χ4n) is 2.16. The summed E-state index contributed by atoms with van der Waals surface area (Å²) in [5, 5.41) is 8.96. The first kappa shape index (κ1) is 12.5. The van der Waals surface area contributed by atoms with Gasteiger partial charge in [0.25, 0.3) is 0 Å². The number of nitrogens with zero attached hydrogens (tertiary/aromatic N) is 1. The summed E-state index contributed by atoms with van der Waals surface area (Å²) < 4.78 is 5.26. The Kier molecular flexibility index (Phi) is 5.05. The van der Waals surface area contributed by atoms with E-state index in [1.807, 2.05) is 13.8 Å². The SMILES string of the molecule is CCOCCCN1CCC(C(=O)O)C1C. The van der Waals surface area contributed by atoms with Crippen LogP contribution in [0.5, 0.6) is 0 Å². The first-order chi connectivity index (χ1) is 7.16. The average Bonchev–Trinajstić information content (AvgIpc) is 2.55. The van der Waals surface area contributed by atoms with E-state index in [2.05, 4.69) is 4.90 Å². The van der Waals surface area contributed by atoms with Crippen LogP contribution in [0.4, 0.5) is 0 Å². The Balaban J connectivity index is 2.24. The highest BCUT2D eigenvalue weighted by molar-refractivity contribution is 5.71. The molecule has 1 aliphatic heterocycles. The molecule has 2 unspecified atom stereocenters. The molecule has 0 aliphatic carbocycles. The van der Waals surface area contributed by atoms with Crippen LogP contribution in [0.2, 0.25) is 0 Å². The van der Waals surface area contributed by atoms with Crippen LogP contribution >= 0.6 is 0 Å². The standard InChI is InChI=1S/C11H21NO3/c1-3-15-8-4-6-12-7-5-10(9(12)2)11(13)14/h9-10H,3-8H2,1-2H3,(H,13,14). The van der Waals surface area contributed by atoms with Crippen molar-refractivity contribution in [1.82, 2.24) is 4.90 Å². The van der Waals surface area contributed by atoms with E-state index in [0.29, 0.717) is 0 Å².